The lowest BCUT2D eigenvalue weighted by molar-refractivity contribution is -0.130. The van der Waals surface area contributed by atoms with Crippen LogP contribution in [0.25, 0.3) is 0 Å². The normalized spacial score (nSPS) is 18.0. The van der Waals surface area contributed by atoms with Crippen molar-refractivity contribution in [2.45, 2.75) is 26.7 Å². The van der Waals surface area contributed by atoms with Crippen molar-refractivity contribution in [3.8, 4) is 5.75 Å². The van der Waals surface area contributed by atoms with E-state index in [1.54, 1.807) is 0 Å². The van der Waals surface area contributed by atoms with Crippen molar-refractivity contribution in [1.29, 1.82) is 0 Å². The summed E-state index contributed by atoms with van der Waals surface area (Å²) in [5.74, 6) is 1.69. The minimum Gasteiger partial charge on any atom is -0.493 e. The topological polar surface area (TPSA) is 41.6 Å². The predicted molar refractivity (Wildman–Crippen MR) is 84.6 cm³/mol. The van der Waals surface area contributed by atoms with Crippen LogP contribution in [-0.2, 0) is 4.79 Å². The fourth-order valence-electron chi connectivity index (χ4n) is 2.80. The molecule has 4 nitrogen and oxygen atoms in total. The first-order valence-electron chi connectivity index (χ1n) is 7.73. The number of rotatable bonds is 6. The van der Waals surface area contributed by atoms with Crippen molar-refractivity contribution < 1.29 is 9.53 Å². The van der Waals surface area contributed by atoms with Crippen molar-refractivity contribution in [3.05, 3.63) is 29.3 Å². The Morgan fingerprint density at radius 1 is 1.43 bits per heavy atom. The van der Waals surface area contributed by atoms with Crippen LogP contribution in [0.3, 0.4) is 0 Å². The monoisotopic (exact) mass is 290 g/mol. The minimum atomic E-state index is 0.207. The standard InChI is InChI=1S/C17H26N2O2/c1-13-5-4-6-16(14(13)2)21-10-8-17(20)19-9-7-15(12-19)11-18-3/h4-6,15,18H,7-12H2,1-3H3/t15-/m0/s1. The smallest absolute Gasteiger partial charge is 0.226 e. The van der Waals surface area contributed by atoms with Gasteiger partial charge in [-0.25, -0.2) is 0 Å². The molecule has 2 rings (SSSR count). The Bertz CT molecular complexity index is 488. The average molecular weight is 290 g/mol. The highest BCUT2D eigenvalue weighted by Gasteiger charge is 2.25. The number of hydrogen-bond acceptors (Lipinski definition) is 3. The molecule has 0 unspecified atom stereocenters. The van der Waals surface area contributed by atoms with E-state index < -0.39 is 0 Å². The number of ether oxygens (including phenoxy) is 1. The molecule has 0 aliphatic carbocycles. The first kappa shape index (κ1) is 15.8. The summed E-state index contributed by atoms with van der Waals surface area (Å²) < 4.78 is 5.76. The van der Waals surface area contributed by atoms with Crippen molar-refractivity contribution >= 4 is 5.91 Å². The van der Waals surface area contributed by atoms with Crippen molar-refractivity contribution in [1.82, 2.24) is 10.2 Å². The summed E-state index contributed by atoms with van der Waals surface area (Å²) in [6.45, 7) is 7.33. The van der Waals surface area contributed by atoms with Crippen LogP contribution < -0.4 is 10.1 Å². The number of nitrogens with one attached hydrogen (secondary N) is 1. The maximum atomic E-state index is 12.2. The van der Waals surface area contributed by atoms with E-state index in [0.717, 1.165) is 37.4 Å². The van der Waals surface area contributed by atoms with Gasteiger partial charge in [-0.3, -0.25) is 4.79 Å². The number of amides is 1. The largest absolute Gasteiger partial charge is 0.493 e. The molecular weight excluding hydrogens is 264 g/mol. The van der Waals surface area contributed by atoms with E-state index in [0.29, 0.717) is 18.9 Å². The van der Waals surface area contributed by atoms with E-state index in [1.807, 2.05) is 24.1 Å². The van der Waals surface area contributed by atoms with Gasteiger partial charge in [0.05, 0.1) is 13.0 Å². The summed E-state index contributed by atoms with van der Waals surface area (Å²) in [4.78, 5) is 14.1. The quantitative estimate of drug-likeness (QED) is 0.873. The average Bonchev–Trinajstić information content (AvgIpc) is 2.92. The zero-order chi connectivity index (χ0) is 15.2. The lowest BCUT2D eigenvalue weighted by Gasteiger charge is -2.17. The summed E-state index contributed by atoms with van der Waals surface area (Å²) in [5, 5.41) is 3.18. The zero-order valence-corrected chi connectivity index (χ0v) is 13.3. The molecule has 0 aromatic heterocycles. The Labute approximate surface area is 127 Å². The highest BCUT2D eigenvalue weighted by Crippen LogP contribution is 2.21. The Morgan fingerprint density at radius 3 is 3.00 bits per heavy atom. The van der Waals surface area contributed by atoms with E-state index >= 15 is 0 Å². The SMILES string of the molecule is CNC[C@@H]1CCN(C(=O)CCOc2cccc(C)c2C)C1. The summed E-state index contributed by atoms with van der Waals surface area (Å²) in [6.07, 6.45) is 1.56. The third-order valence-corrected chi connectivity index (χ3v) is 4.26. The number of carbonyl (C=O) groups excluding carboxylic acids is 1. The molecule has 1 saturated heterocycles. The molecule has 0 bridgehead atoms. The van der Waals surface area contributed by atoms with Gasteiger partial charge in [0.2, 0.25) is 5.91 Å². The van der Waals surface area contributed by atoms with Crippen LogP contribution in [0.1, 0.15) is 24.0 Å². The third-order valence-electron chi connectivity index (χ3n) is 4.26. The van der Waals surface area contributed by atoms with Crippen LogP contribution in [0.5, 0.6) is 5.75 Å². The van der Waals surface area contributed by atoms with Crippen LogP contribution in [0.15, 0.2) is 18.2 Å². The summed E-state index contributed by atoms with van der Waals surface area (Å²) in [7, 11) is 1.96. The minimum absolute atomic E-state index is 0.207. The predicted octanol–water partition coefficient (Wildman–Crippen LogP) is 2.14. The van der Waals surface area contributed by atoms with Gasteiger partial charge in [-0.15, -0.1) is 0 Å². The molecule has 1 aromatic carbocycles. The van der Waals surface area contributed by atoms with E-state index in [1.165, 1.54) is 5.56 Å². The zero-order valence-electron chi connectivity index (χ0n) is 13.3. The van der Waals surface area contributed by atoms with Gasteiger partial charge in [-0.05, 0) is 57.0 Å². The molecule has 0 saturated carbocycles. The molecule has 116 valence electrons. The van der Waals surface area contributed by atoms with Crippen molar-refractivity contribution in [3.63, 3.8) is 0 Å². The molecule has 1 fully saturated rings. The second kappa shape index (κ2) is 7.46. The molecule has 1 aromatic rings. The number of carbonyl (C=O) groups is 1. The van der Waals surface area contributed by atoms with Gasteiger partial charge in [0.15, 0.2) is 0 Å². The number of hydrogen-bond donors (Lipinski definition) is 1. The van der Waals surface area contributed by atoms with Crippen LogP contribution in [0.4, 0.5) is 0 Å². The maximum Gasteiger partial charge on any atom is 0.226 e. The van der Waals surface area contributed by atoms with E-state index in [9.17, 15) is 4.79 Å². The second-order valence-electron chi connectivity index (χ2n) is 5.85. The molecule has 0 spiro atoms. The number of likely N-dealkylation sites (tertiary alicyclic amines) is 1. The Kier molecular flexibility index (Phi) is 5.62. The van der Waals surface area contributed by atoms with Crippen LogP contribution in [-0.4, -0.2) is 44.1 Å². The Morgan fingerprint density at radius 2 is 2.24 bits per heavy atom. The van der Waals surface area contributed by atoms with E-state index in [-0.39, 0.29) is 5.91 Å². The van der Waals surface area contributed by atoms with Gasteiger partial charge < -0.3 is 15.0 Å². The number of benzene rings is 1. The Hall–Kier alpha value is -1.55. The van der Waals surface area contributed by atoms with Gasteiger partial charge >= 0.3 is 0 Å². The fraction of sp³-hybridized carbons (Fsp3) is 0.588. The molecule has 1 N–H and O–H groups in total. The van der Waals surface area contributed by atoms with Gasteiger partial charge in [-0.1, -0.05) is 12.1 Å². The van der Waals surface area contributed by atoms with Gasteiger partial charge in [0.1, 0.15) is 5.75 Å². The Balaban J connectivity index is 1.76. The molecule has 1 heterocycles. The lowest BCUT2D eigenvalue weighted by Crippen LogP contribution is -2.31. The lowest BCUT2D eigenvalue weighted by atomic mass is 10.1. The third kappa shape index (κ3) is 4.21. The number of aryl methyl sites for hydroxylation is 1. The second-order valence-corrected chi connectivity index (χ2v) is 5.85. The van der Waals surface area contributed by atoms with Crippen LogP contribution in [0, 0.1) is 19.8 Å². The molecular formula is C17H26N2O2. The van der Waals surface area contributed by atoms with Gasteiger partial charge in [0, 0.05) is 13.1 Å². The molecule has 1 aliphatic heterocycles. The van der Waals surface area contributed by atoms with Crippen LogP contribution >= 0.6 is 0 Å². The van der Waals surface area contributed by atoms with Gasteiger partial charge in [0.25, 0.3) is 0 Å². The summed E-state index contributed by atoms with van der Waals surface area (Å²) in [6, 6.07) is 6.02. The molecule has 21 heavy (non-hydrogen) atoms. The van der Waals surface area contributed by atoms with E-state index in [2.05, 4.69) is 25.2 Å². The highest BCUT2D eigenvalue weighted by atomic mass is 16.5. The summed E-state index contributed by atoms with van der Waals surface area (Å²) >= 11 is 0. The first-order valence-corrected chi connectivity index (χ1v) is 7.73. The first-order chi connectivity index (χ1) is 10.1. The molecule has 1 aliphatic rings. The molecule has 1 atom stereocenters. The highest BCUT2D eigenvalue weighted by molar-refractivity contribution is 5.76. The summed E-state index contributed by atoms with van der Waals surface area (Å²) in [5.41, 5.74) is 2.37. The van der Waals surface area contributed by atoms with Crippen molar-refractivity contribution in [2.75, 3.05) is 33.3 Å². The van der Waals surface area contributed by atoms with Crippen LogP contribution in [0.2, 0.25) is 0 Å². The number of nitrogens with zero attached hydrogens (tertiary/aromatic N) is 1. The van der Waals surface area contributed by atoms with E-state index in [4.69, 9.17) is 4.74 Å². The maximum absolute atomic E-state index is 12.2. The van der Waals surface area contributed by atoms with Crippen molar-refractivity contribution in [2.24, 2.45) is 5.92 Å². The van der Waals surface area contributed by atoms with Gasteiger partial charge in [-0.2, -0.15) is 0 Å². The fourth-order valence-corrected chi connectivity index (χ4v) is 2.80. The molecule has 0 radical (unpaired) electrons. The molecule has 1 amide bonds. The molecule has 4 heteroatoms.